The second kappa shape index (κ2) is 9.08. The predicted octanol–water partition coefficient (Wildman–Crippen LogP) is 2.78. The maximum atomic E-state index is 13.7. The number of piperidine rings is 1. The number of carbonyl (C=O) groups excluding carboxylic acids is 1. The normalized spacial score (nSPS) is 18.9. The molecule has 8 nitrogen and oxygen atoms in total. The van der Waals surface area contributed by atoms with Gasteiger partial charge in [0.15, 0.2) is 5.82 Å². The lowest BCUT2D eigenvalue weighted by molar-refractivity contribution is -0.143. The van der Waals surface area contributed by atoms with Gasteiger partial charge in [0.2, 0.25) is 11.8 Å². The van der Waals surface area contributed by atoms with E-state index in [2.05, 4.69) is 27.4 Å². The van der Waals surface area contributed by atoms with E-state index in [0.29, 0.717) is 38.0 Å². The van der Waals surface area contributed by atoms with Gasteiger partial charge in [0.25, 0.3) is 0 Å². The summed E-state index contributed by atoms with van der Waals surface area (Å²) in [7, 11) is 0. The minimum absolute atomic E-state index is 0.0197. The van der Waals surface area contributed by atoms with E-state index in [9.17, 15) is 4.79 Å². The van der Waals surface area contributed by atoms with Gasteiger partial charge in [0.1, 0.15) is 6.10 Å². The number of ether oxygens (including phenoxy) is 2. The number of carbonyl (C=O) groups is 1. The largest absolute Gasteiger partial charge is 0.473 e. The minimum atomic E-state index is -0.485. The highest BCUT2D eigenvalue weighted by molar-refractivity contribution is 5.88. The molecular formula is C24H27N5O3. The topological polar surface area (TPSA) is 82.4 Å². The van der Waals surface area contributed by atoms with Gasteiger partial charge in [-0.3, -0.25) is 4.79 Å². The summed E-state index contributed by atoms with van der Waals surface area (Å²) in [5, 5.41) is 12.5. The molecule has 2 aliphatic rings. The summed E-state index contributed by atoms with van der Waals surface area (Å²) in [6.45, 7) is 2.59. The van der Waals surface area contributed by atoms with E-state index >= 15 is 0 Å². The van der Waals surface area contributed by atoms with Gasteiger partial charge in [-0.25, -0.2) is 4.68 Å². The van der Waals surface area contributed by atoms with Gasteiger partial charge in [0.05, 0.1) is 5.41 Å². The molecule has 0 bridgehead atoms. The van der Waals surface area contributed by atoms with Crippen LogP contribution in [0.1, 0.15) is 31.2 Å². The smallest absolute Gasteiger partial charge is 0.233 e. The molecule has 0 unspecified atom stereocenters. The monoisotopic (exact) mass is 433 g/mol. The van der Waals surface area contributed by atoms with E-state index in [-0.39, 0.29) is 12.0 Å². The number of benzene rings is 1. The molecule has 2 aliphatic heterocycles. The molecule has 2 aromatic heterocycles. The Labute approximate surface area is 187 Å². The van der Waals surface area contributed by atoms with Gasteiger partial charge in [-0.05, 0) is 30.5 Å². The summed E-state index contributed by atoms with van der Waals surface area (Å²) in [5.74, 6) is 1.36. The summed E-state index contributed by atoms with van der Waals surface area (Å²) >= 11 is 0. The molecule has 1 aromatic carbocycles. The van der Waals surface area contributed by atoms with Crippen LogP contribution in [-0.2, 0) is 14.9 Å². The fourth-order valence-corrected chi connectivity index (χ4v) is 4.66. The van der Waals surface area contributed by atoms with Crippen molar-refractivity contribution in [3.63, 3.8) is 0 Å². The third-order valence-electron chi connectivity index (χ3n) is 6.46. The second-order valence-electron chi connectivity index (χ2n) is 8.35. The Hall–Kier alpha value is -3.26. The molecule has 4 heterocycles. The molecule has 8 heteroatoms. The first-order chi connectivity index (χ1) is 15.7. The van der Waals surface area contributed by atoms with Gasteiger partial charge in [-0.2, -0.15) is 5.10 Å². The van der Waals surface area contributed by atoms with Crippen LogP contribution in [0.5, 0.6) is 5.88 Å². The molecule has 5 rings (SSSR count). The fraction of sp³-hybridized carbons (Fsp3) is 0.417. The van der Waals surface area contributed by atoms with Crippen LogP contribution in [0.3, 0.4) is 0 Å². The van der Waals surface area contributed by atoms with Crippen molar-refractivity contribution in [1.82, 2.24) is 24.9 Å². The molecule has 0 aliphatic carbocycles. The third kappa shape index (κ3) is 4.10. The lowest BCUT2D eigenvalue weighted by Gasteiger charge is -2.42. The Kier molecular flexibility index (Phi) is 5.85. The van der Waals surface area contributed by atoms with Gasteiger partial charge >= 0.3 is 0 Å². The Balaban J connectivity index is 1.21. The lowest BCUT2D eigenvalue weighted by Crippen LogP contribution is -2.53. The van der Waals surface area contributed by atoms with Crippen LogP contribution in [0.2, 0.25) is 0 Å². The van der Waals surface area contributed by atoms with E-state index in [1.165, 1.54) is 0 Å². The number of amides is 1. The van der Waals surface area contributed by atoms with Gasteiger partial charge in [0, 0.05) is 57.6 Å². The summed E-state index contributed by atoms with van der Waals surface area (Å²) in [4.78, 5) is 15.7. The molecule has 3 aromatic rings. The maximum absolute atomic E-state index is 13.7. The molecule has 0 N–H and O–H groups in total. The van der Waals surface area contributed by atoms with Crippen LogP contribution >= 0.6 is 0 Å². The molecule has 32 heavy (non-hydrogen) atoms. The van der Waals surface area contributed by atoms with Crippen molar-refractivity contribution < 1.29 is 14.3 Å². The van der Waals surface area contributed by atoms with Crippen molar-refractivity contribution in [1.29, 1.82) is 0 Å². The molecule has 0 radical (unpaired) electrons. The van der Waals surface area contributed by atoms with Crippen molar-refractivity contribution in [2.45, 2.75) is 37.2 Å². The van der Waals surface area contributed by atoms with Gasteiger partial charge < -0.3 is 14.4 Å². The first-order valence-electron chi connectivity index (χ1n) is 11.2. The van der Waals surface area contributed by atoms with E-state index in [0.717, 1.165) is 31.2 Å². The Morgan fingerprint density at radius 1 is 1.00 bits per heavy atom. The van der Waals surface area contributed by atoms with Crippen LogP contribution in [0, 0.1) is 0 Å². The highest BCUT2D eigenvalue weighted by Gasteiger charge is 2.44. The number of hydrogen-bond acceptors (Lipinski definition) is 6. The summed E-state index contributed by atoms with van der Waals surface area (Å²) in [5.41, 5.74) is 0.611. The zero-order chi connectivity index (χ0) is 21.8. The van der Waals surface area contributed by atoms with Crippen LogP contribution in [-0.4, -0.2) is 63.2 Å². The molecule has 0 spiro atoms. The van der Waals surface area contributed by atoms with Crippen LogP contribution in [0.25, 0.3) is 5.82 Å². The Morgan fingerprint density at radius 3 is 2.44 bits per heavy atom. The Bertz CT molecular complexity index is 1010. The van der Waals surface area contributed by atoms with Gasteiger partial charge in [-0.15, -0.1) is 10.2 Å². The molecule has 0 atom stereocenters. The van der Waals surface area contributed by atoms with Crippen LogP contribution < -0.4 is 4.74 Å². The fourth-order valence-electron chi connectivity index (χ4n) is 4.66. The number of likely N-dealkylation sites (tertiary alicyclic amines) is 1. The maximum Gasteiger partial charge on any atom is 0.233 e. The Morgan fingerprint density at radius 2 is 1.78 bits per heavy atom. The average Bonchev–Trinajstić information content (AvgIpc) is 3.41. The van der Waals surface area contributed by atoms with Crippen molar-refractivity contribution in [2.75, 3.05) is 26.3 Å². The molecule has 2 saturated heterocycles. The van der Waals surface area contributed by atoms with E-state index in [1.807, 2.05) is 47.5 Å². The predicted molar refractivity (Wildman–Crippen MR) is 118 cm³/mol. The lowest BCUT2D eigenvalue weighted by atomic mass is 9.72. The third-order valence-corrected chi connectivity index (χ3v) is 6.46. The molecule has 2 fully saturated rings. The average molecular weight is 434 g/mol. The van der Waals surface area contributed by atoms with E-state index in [1.54, 1.807) is 10.9 Å². The number of hydrogen-bond donors (Lipinski definition) is 0. The minimum Gasteiger partial charge on any atom is -0.473 e. The number of nitrogens with zero attached hydrogens (tertiary/aromatic N) is 5. The zero-order valence-electron chi connectivity index (χ0n) is 18.0. The molecule has 0 saturated carbocycles. The van der Waals surface area contributed by atoms with Crippen molar-refractivity contribution in [3.05, 3.63) is 66.5 Å². The van der Waals surface area contributed by atoms with Crippen LogP contribution in [0.4, 0.5) is 0 Å². The SMILES string of the molecule is O=C(N1CCC(Oc2ccc(-n3cccn3)nn2)CC1)C1(c2ccccc2)CCOCC1. The molecule has 1 amide bonds. The van der Waals surface area contributed by atoms with Crippen LogP contribution in [0.15, 0.2) is 60.9 Å². The zero-order valence-corrected chi connectivity index (χ0v) is 18.0. The summed E-state index contributed by atoms with van der Waals surface area (Å²) < 4.78 is 13.3. The second-order valence-corrected chi connectivity index (χ2v) is 8.35. The first kappa shape index (κ1) is 20.6. The van der Waals surface area contributed by atoms with Crippen molar-refractivity contribution in [3.8, 4) is 11.7 Å². The van der Waals surface area contributed by atoms with Crippen molar-refractivity contribution in [2.24, 2.45) is 0 Å². The van der Waals surface area contributed by atoms with E-state index in [4.69, 9.17) is 9.47 Å². The van der Waals surface area contributed by atoms with Crippen molar-refractivity contribution >= 4 is 5.91 Å². The number of rotatable bonds is 5. The summed E-state index contributed by atoms with van der Waals surface area (Å²) in [6, 6.07) is 15.7. The first-order valence-corrected chi connectivity index (χ1v) is 11.2. The van der Waals surface area contributed by atoms with E-state index < -0.39 is 5.41 Å². The summed E-state index contributed by atoms with van der Waals surface area (Å²) in [6.07, 6.45) is 6.54. The highest BCUT2D eigenvalue weighted by Crippen LogP contribution is 2.37. The molecular weight excluding hydrogens is 406 g/mol. The van der Waals surface area contributed by atoms with Gasteiger partial charge in [-0.1, -0.05) is 30.3 Å². The number of aromatic nitrogens is 4. The molecule has 166 valence electrons. The highest BCUT2D eigenvalue weighted by atomic mass is 16.5. The standard InChI is InChI=1S/C24H27N5O3/c30-23(24(11-17-31-18-12-24)19-5-2-1-3-6-19)28-15-9-20(10-16-28)32-22-8-7-21(26-27-22)29-14-4-13-25-29/h1-8,13-14,20H,9-12,15-18H2. The quantitative estimate of drug-likeness (QED) is 0.615.